The summed E-state index contributed by atoms with van der Waals surface area (Å²) in [7, 11) is 1.13. The summed E-state index contributed by atoms with van der Waals surface area (Å²) in [4.78, 5) is 25.4. The highest BCUT2D eigenvalue weighted by Gasteiger charge is 2.50. The fraction of sp³-hybridized carbons (Fsp3) is 0.333. The smallest absolute Gasteiger partial charge is 0.339 e. The molecule has 5 atom stereocenters. The van der Waals surface area contributed by atoms with Gasteiger partial charge in [0.15, 0.2) is 53.0 Å². The van der Waals surface area contributed by atoms with Gasteiger partial charge in [-0.15, -0.1) is 0 Å². The summed E-state index contributed by atoms with van der Waals surface area (Å²) in [6.45, 7) is -0.754. The summed E-state index contributed by atoms with van der Waals surface area (Å²) in [6.07, 6.45) is -8.02. The van der Waals surface area contributed by atoms with Gasteiger partial charge in [-0.25, -0.2) is 9.59 Å². The van der Waals surface area contributed by atoms with Crippen LogP contribution in [0.4, 0.5) is 0 Å². The van der Waals surface area contributed by atoms with Gasteiger partial charge in [-0.1, -0.05) is 0 Å². The predicted molar refractivity (Wildman–Crippen MR) is 110 cm³/mol. The molecule has 1 aliphatic heterocycles. The number of rotatable bonds is 6. The molecule has 2 aromatic rings. The van der Waals surface area contributed by atoms with E-state index in [0.29, 0.717) is 0 Å². The van der Waals surface area contributed by atoms with E-state index in [-0.39, 0.29) is 0 Å². The highest BCUT2D eigenvalue weighted by Crippen LogP contribution is 2.37. The number of carbonyl (C=O) groups excluding carboxylic acids is 2. The number of phenolic OH excluding ortho intramolecular Hbond substituents is 6. The number of benzene rings is 2. The quantitative estimate of drug-likeness (QED) is 0.183. The summed E-state index contributed by atoms with van der Waals surface area (Å²) in [6, 6.07) is 3.09. The van der Waals surface area contributed by atoms with E-state index in [1.165, 1.54) is 0 Å². The van der Waals surface area contributed by atoms with Crippen molar-refractivity contribution >= 4 is 11.9 Å². The van der Waals surface area contributed by atoms with Crippen LogP contribution in [0.3, 0.4) is 0 Å². The summed E-state index contributed by atoms with van der Waals surface area (Å²) in [5.74, 6) is -7.60. The van der Waals surface area contributed by atoms with E-state index in [1.807, 2.05) is 0 Å². The van der Waals surface area contributed by atoms with Gasteiger partial charge in [0.2, 0.25) is 0 Å². The zero-order valence-electron chi connectivity index (χ0n) is 17.9. The summed E-state index contributed by atoms with van der Waals surface area (Å²) in [5, 5.41) is 77.6. The van der Waals surface area contributed by atoms with E-state index in [4.69, 9.17) is 18.9 Å². The molecule has 3 rings (SSSR count). The largest absolute Gasteiger partial charge is 0.504 e. The van der Waals surface area contributed by atoms with Crippen LogP contribution in [0.1, 0.15) is 20.7 Å². The van der Waals surface area contributed by atoms with Gasteiger partial charge in [0.1, 0.15) is 12.2 Å². The van der Waals surface area contributed by atoms with Crippen molar-refractivity contribution in [2.45, 2.75) is 30.7 Å². The number of esters is 2. The molecule has 0 bridgehead atoms. The Morgan fingerprint density at radius 1 is 0.800 bits per heavy atom. The molecule has 190 valence electrons. The maximum atomic E-state index is 12.7. The monoisotopic (exact) mass is 498 g/mol. The second kappa shape index (κ2) is 10.1. The van der Waals surface area contributed by atoms with Gasteiger partial charge < -0.3 is 59.8 Å². The van der Waals surface area contributed by atoms with Crippen molar-refractivity contribution in [3.63, 3.8) is 0 Å². The van der Waals surface area contributed by atoms with Gasteiger partial charge in [0.25, 0.3) is 0 Å². The second-order valence-electron chi connectivity index (χ2n) is 7.42. The molecule has 1 heterocycles. The standard InChI is InChI=1S/C21H22O14/c1-32-21-18(35-20(31)8-4-11(25)15(28)12(26)5-8)17(16(29)13(6-22)33-21)34-19(30)7-2-9(23)14(27)10(24)3-7/h2-5,13,16-18,21-29H,6H2,1H3/t13-,16+,17+,18-,21+/m0/s1. The molecule has 0 aromatic heterocycles. The van der Waals surface area contributed by atoms with Crippen LogP contribution in [0.5, 0.6) is 34.5 Å². The van der Waals surface area contributed by atoms with Gasteiger partial charge >= 0.3 is 11.9 Å². The number of carbonyl (C=O) groups is 2. The number of hydrogen-bond acceptors (Lipinski definition) is 14. The third-order valence-corrected chi connectivity index (χ3v) is 5.13. The molecule has 35 heavy (non-hydrogen) atoms. The highest BCUT2D eigenvalue weighted by atomic mass is 16.7. The molecule has 1 aliphatic rings. The SMILES string of the molecule is CO[C@@H]1O[C@@H](CO)[C@@H](O)[C@@H](OC(=O)c2cc(O)c(O)c(O)c2)[C@@H]1OC(=O)c1cc(O)c(O)c(O)c1. The van der Waals surface area contributed by atoms with Crippen LogP contribution < -0.4 is 0 Å². The van der Waals surface area contributed by atoms with Crippen molar-refractivity contribution in [3.05, 3.63) is 35.4 Å². The van der Waals surface area contributed by atoms with E-state index >= 15 is 0 Å². The fourth-order valence-electron chi connectivity index (χ4n) is 3.32. The van der Waals surface area contributed by atoms with Crippen molar-refractivity contribution in [3.8, 4) is 34.5 Å². The predicted octanol–water partition coefficient (Wildman–Crippen LogP) is -0.604. The Labute approximate surface area is 196 Å². The van der Waals surface area contributed by atoms with Crippen molar-refractivity contribution in [2.75, 3.05) is 13.7 Å². The number of aromatic hydroxyl groups is 6. The van der Waals surface area contributed by atoms with Gasteiger partial charge in [0.05, 0.1) is 17.7 Å². The topological polar surface area (TPSA) is 233 Å². The Balaban J connectivity index is 1.93. The average Bonchev–Trinajstić information content (AvgIpc) is 2.82. The van der Waals surface area contributed by atoms with Crippen LogP contribution in [-0.4, -0.2) is 97.2 Å². The minimum absolute atomic E-state index is 0.440. The van der Waals surface area contributed by atoms with Crippen molar-refractivity contribution in [2.24, 2.45) is 0 Å². The lowest BCUT2D eigenvalue weighted by molar-refractivity contribution is -0.292. The second-order valence-corrected chi connectivity index (χ2v) is 7.42. The molecule has 0 unspecified atom stereocenters. The Kier molecular flexibility index (Phi) is 7.40. The molecule has 1 saturated heterocycles. The summed E-state index contributed by atoms with van der Waals surface area (Å²) in [5.41, 5.74) is -0.894. The van der Waals surface area contributed by atoms with Gasteiger partial charge in [-0.05, 0) is 24.3 Å². The van der Waals surface area contributed by atoms with Crippen LogP contribution in [0.15, 0.2) is 24.3 Å². The highest BCUT2D eigenvalue weighted by molar-refractivity contribution is 5.92. The minimum Gasteiger partial charge on any atom is -0.504 e. The number of hydrogen-bond donors (Lipinski definition) is 8. The first-order valence-corrected chi connectivity index (χ1v) is 9.87. The number of phenols is 6. The average molecular weight is 498 g/mol. The van der Waals surface area contributed by atoms with Crippen molar-refractivity contribution in [1.82, 2.24) is 0 Å². The van der Waals surface area contributed by atoms with Crippen molar-refractivity contribution in [1.29, 1.82) is 0 Å². The molecular weight excluding hydrogens is 476 g/mol. The molecule has 14 nitrogen and oxygen atoms in total. The number of ether oxygens (including phenoxy) is 4. The number of methoxy groups -OCH3 is 1. The summed E-state index contributed by atoms with van der Waals surface area (Å²) >= 11 is 0. The van der Waals surface area contributed by atoms with Gasteiger partial charge in [0, 0.05) is 7.11 Å². The Morgan fingerprint density at radius 3 is 1.57 bits per heavy atom. The van der Waals surface area contributed by atoms with E-state index in [1.54, 1.807) is 0 Å². The number of aliphatic hydroxyl groups excluding tert-OH is 2. The first-order chi connectivity index (χ1) is 16.5. The molecule has 0 saturated carbocycles. The van der Waals surface area contributed by atoms with Crippen LogP contribution in [0.2, 0.25) is 0 Å². The molecule has 14 heteroatoms. The van der Waals surface area contributed by atoms with Crippen LogP contribution >= 0.6 is 0 Å². The van der Waals surface area contributed by atoms with E-state index in [0.717, 1.165) is 31.4 Å². The molecule has 8 N–H and O–H groups in total. The lowest BCUT2D eigenvalue weighted by atomic mass is 9.98. The molecule has 0 aliphatic carbocycles. The molecule has 2 aromatic carbocycles. The Hall–Kier alpha value is -3.98. The Morgan fingerprint density at radius 2 is 1.20 bits per heavy atom. The van der Waals surface area contributed by atoms with E-state index in [2.05, 4.69) is 0 Å². The molecule has 0 radical (unpaired) electrons. The molecule has 0 spiro atoms. The van der Waals surface area contributed by atoms with Crippen LogP contribution in [0.25, 0.3) is 0 Å². The molecule has 1 fully saturated rings. The van der Waals surface area contributed by atoms with Gasteiger partial charge in [-0.3, -0.25) is 0 Å². The van der Waals surface area contributed by atoms with E-state index < -0.39 is 94.9 Å². The van der Waals surface area contributed by atoms with Crippen molar-refractivity contribution < 1.29 is 69.4 Å². The molecular formula is C21H22O14. The van der Waals surface area contributed by atoms with Crippen LogP contribution in [-0.2, 0) is 18.9 Å². The van der Waals surface area contributed by atoms with Gasteiger partial charge in [-0.2, -0.15) is 0 Å². The minimum atomic E-state index is -1.77. The fourth-order valence-corrected chi connectivity index (χ4v) is 3.32. The first kappa shape index (κ1) is 25.6. The maximum absolute atomic E-state index is 12.7. The maximum Gasteiger partial charge on any atom is 0.339 e. The zero-order chi connectivity index (χ0) is 26.0. The lowest BCUT2D eigenvalue weighted by Crippen LogP contribution is -2.61. The summed E-state index contributed by atoms with van der Waals surface area (Å²) < 4.78 is 20.9. The zero-order valence-corrected chi connectivity index (χ0v) is 17.9. The third-order valence-electron chi connectivity index (χ3n) is 5.13. The normalized spacial score (nSPS) is 24.0. The third kappa shape index (κ3) is 5.09. The molecule has 0 amide bonds. The van der Waals surface area contributed by atoms with Crippen LogP contribution in [0, 0.1) is 0 Å². The number of aliphatic hydroxyl groups is 2. The first-order valence-electron chi connectivity index (χ1n) is 9.87. The van der Waals surface area contributed by atoms with E-state index in [9.17, 15) is 50.4 Å². The lowest BCUT2D eigenvalue weighted by Gasteiger charge is -2.42. The Bertz CT molecular complexity index is 1070.